The molecule has 5 nitrogen and oxygen atoms in total. The number of likely N-dealkylation sites (tertiary alicyclic amines) is 1. The number of rotatable bonds is 7. The second-order valence-electron chi connectivity index (χ2n) is 6.14. The Morgan fingerprint density at radius 3 is 2.61 bits per heavy atom. The summed E-state index contributed by atoms with van der Waals surface area (Å²) in [5.41, 5.74) is 1.10. The Balaban J connectivity index is 1.64. The highest BCUT2D eigenvalue weighted by atomic mass is 16.5. The van der Waals surface area contributed by atoms with Gasteiger partial charge in [-0.2, -0.15) is 0 Å². The van der Waals surface area contributed by atoms with Gasteiger partial charge in [-0.05, 0) is 43.7 Å². The van der Waals surface area contributed by atoms with Gasteiger partial charge < -0.3 is 14.7 Å². The molecule has 2 rings (SSSR count). The maximum absolute atomic E-state index is 12.2. The highest BCUT2D eigenvalue weighted by Gasteiger charge is 2.23. The normalized spacial score (nSPS) is 15.4. The zero-order chi connectivity index (χ0) is 16.7. The number of carboxylic acids is 1. The van der Waals surface area contributed by atoms with Crippen LogP contribution in [0.25, 0.3) is 0 Å². The molecule has 0 aromatic heterocycles. The fourth-order valence-electron chi connectivity index (χ4n) is 2.92. The van der Waals surface area contributed by atoms with Crippen LogP contribution in [0.4, 0.5) is 0 Å². The molecular formula is C18H25NO4. The molecule has 0 aliphatic carbocycles. The van der Waals surface area contributed by atoms with Crippen molar-refractivity contribution >= 4 is 11.9 Å². The largest absolute Gasteiger partial charge is 0.493 e. The fourth-order valence-corrected chi connectivity index (χ4v) is 2.92. The van der Waals surface area contributed by atoms with E-state index in [9.17, 15) is 9.59 Å². The molecule has 0 unspecified atom stereocenters. The van der Waals surface area contributed by atoms with E-state index in [1.54, 1.807) is 0 Å². The Bertz CT molecular complexity index is 536. The third-order valence-corrected chi connectivity index (χ3v) is 4.32. The average molecular weight is 319 g/mol. The van der Waals surface area contributed by atoms with Crippen LogP contribution in [0, 0.1) is 12.8 Å². The smallest absolute Gasteiger partial charge is 0.303 e. The van der Waals surface area contributed by atoms with Crippen molar-refractivity contribution < 1.29 is 19.4 Å². The lowest BCUT2D eigenvalue weighted by Crippen LogP contribution is -2.38. The third kappa shape index (κ3) is 5.58. The van der Waals surface area contributed by atoms with Crippen LogP contribution in [0.3, 0.4) is 0 Å². The predicted molar refractivity (Wildman–Crippen MR) is 87.5 cm³/mol. The molecule has 1 saturated heterocycles. The summed E-state index contributed by atoms with van der Waals surface area (Å²) in [6.45, 7) is 3.89. The number of ether oxygens (including phenoxy) is 1. The molecule has 1 aromatic carbocycles. The molecule has 1 aliphatic rings. The van der Waals surface area contributed by atoms with Gasteiger partial charge in [-0.25, -0.2) is 0 Å². The van der Waals surface area contributed by atoms with Crippen molar-refractivity contribution in [3.8, 4) is 5.75 Å². The van der Waals surface area contributed by atoms with Gasteiger partial charge in [-0.1, -0.05) is 18.2 Å². The standard InChI is InChI=1S/C18H25NO4/c1-14-5-2-3-6-16(14)23-12-4-7-17(20)19-10-8-15(9-11-19)13-18(21)22/h2-3,5-6,15H,4,7-13H2,1H3,(H,21,22). The number of carbonyl (C=O) groups is 2. The second kappa shape index (κ2) is 8.56. The first kappa shape index (κ1) is 17.3. The summed E-state index contributed by atoms with van der Waals surface area (Å²) >= 11 is 0. The Kier molecular flexibility index (Phi) is 6.44. The van der Waals surface area contributed by atoms with Gasteiger partial charge in [0, 0.05) is 25.9 Å². The van der Waals surface area contributed by atoms with E-state index in [-0.39, 0.29) is 18.2 Å². The molecule has 1 N–H and O–H groups in total. The van der Waals surface area contributed by atoms with E-state index in [0.717, 1.165) is 24.2 Å². The van der Waals surface area contributed by atoms with Gasteiger partial charge >= 0.3 is 5.97 Å². The van der Waals surface area contributed by atoms with Crippen LogP contribution in [0.1, 0.15) is 37.7 Å². The maximum Gasteiger partial charge on any atom is 0.303 e. The maximum atomic E-state index is 12.2. The van der Waals surface area contributed by atoms with Crippen LogP contribution in [0.15, 0.2) is 24.3 Å². The Hall–Kier alpha value is -2.04. The summed E-state index contributed by atoms with van der Waals surface area (Å²) in [7, 11) is 0. The van der Waals surface area contributed by atoms with E-state index >= 15 is 0 Å². The Morgan fingerprint density at radius 1 is 1.26 bits per heavy atom. The number of aliphatic carboxylic acids is 1. The molecule has 23 heavy (non-hydrogen) atoms. The first-order valence-electron chi connectivity index (χ1n) is 8.24. The van der Waals surface area contributed by atoms with Crippen molar-refractivity contribution in [2.45, 2.75) is 39.0 Å². The van der Waals surface area contributed by atoms with E-state index in [1.165, 1.54) is 0 Å². The minimum atomic E-state index is -0.747. The van der Waals surface area contributed by atoms with Crippen LogP contribution in [0.2, 0.25) is 0 Å². The second-order valence-corrected chi connectivity index (χ2v) is 6.14. The van der Waals surface area contributed by atoms with Crippen molar-refractivity contribution in [3.05, 3.63) is 29.8 Å². The number of hydrogen-bond donors (Lipinski definition) is 1. The molecule has 1 amide bonds. The zero-order valence-electron chi connectivity index (χ0n) is 13.7. The molecule has 1 heterocycles. The van der Waals surface area contributed by atoms with E-state index in [2.05, 4.69) is 0 Å². The van der Waals surface area contributed by atoms with Gasteiger partial charge in [0.1, 0.15) is 5.75 Å². The van der Waals surface area contributed by atoms with E-state index < -0.39 is 5.97 Å². The third-order valence-electron chi connectivity index (χ3n) is 4.32. The average Bonchev–Trinajstić information content (AvgIpc) is 2.53. The zero-order valence-corrected chi connectivity index (χ0v) is 13.7. The van der Waals surface area contributed by atoms with Gasteiger partial charge in [0.15, 0.2) is 0 Å². The summed E-state index contributed by atoms with van der Waals surface area (Å²) in [4.78, 5) is 24.7. The molecule has 0 saturated carbocycles. The highest BCUT2D eigenvalue weighted by molar-refractivity contribution is 5.76. The molecular weight excluding hydrogens is 294 g/mol. The number of carboxylic acid groups (broad SMARTS) is 1. The molecule has 0 bridgehead atoms. The predicted octanol–water partition coefficient (Wildman–Crippen LogP) is 2.87. The number of hydrogen-bond acceptors (Lipinski definition) is 3. The lowest BCUT2D eigenvalue weighted by molar-refractivity contribution is -0.138. The number of amides is 1. The van der Waals surface area contributed by atoms with Crippen molar-refractivity contribution in [3.63, 3.8) is 0 Å². The SMILES string of the molecule is Cc1ccccc1OCCCC(=O)N1CCC(CC(=O)O)CC1. The minimum Gasteiger partial charge on any atom is -0.493 e. The molecule has 126 valence electrons. The highest BCUT2D eigenvalue weighted by Crippen LogP contribution is 2.21. The van der Waals surface area contributed by atoms with Crippen LogP contribution in [-0.4, -0.2) is 41.6 Å². The minimum absolute atomic E-state index is 0.146. The lowest BCUT2D eigenvalue weighted by atomic mass is 9.93. The van der Waals surface area contributed by atoms with Crippen LogP contribution >= 0.6 is 0 Å². The number of benzene rings is 1. The fraction of sp³-hybridized carbons (Fsp3) is 0.556. The van der Waals surface area contributed by atoms with E-state index in [1.807, 2.05) is 36.1 Å². The van der Waals surface area contributed by atoms with Gasteiger partial charge in [0.05, 0.1) is 6.61 Å². The van der Waals surface area contributed by atoms with Crippen LogP contribution in [-0.2, 0) is 9.59 Å². The van der Waals surface area contributed by atoms with Crippen molar-refractivity contribution in [2.75, 3.05) is 19.7 Å². The number of nitrogens with zero attached hydrogens (tertiary/aromatic N) is 1. The summed E-state index contributed by atoms with van der Waals surface area (Å²) in [6.07, 6.45) is 2.97. The molecule has 0 spiro atoms. The van der Waals surface area contributed by atoms with Gasteiger partial charge in [-0.3, -0.25) is 9.59 Å². The van der Waals surface area contributed by atoms with Crippen molar-refractivity contribution in [2.24, 2.45) is 5.92 Å². The topological polar surface area (TPSA) is 66.8 Å². The summed E-state index contributed by atoms with van der Waals surface area (Å²) in [5, 5.41) is 8.80. The Labute approximate surface area is 137 Å². The van der Waals surface area contributed by atoms with Crippen molar-refractivity contribution in [1.82, 2.24) is 4.90 Å². The van der Waals surface area contributed by atoms with Gasteiger partial charge in [0.25, 0.3) is 0 Å². The van der Waals surface area contributed by atoms with Gasteiger partial charge in [0.2, 0.25) is 5.91 Å². The van der Waals surface area contributed by atoms with Crippen LogP contribution < -0.4 is 4.74 Å². The summed E-state index contributed by atoms with van der Waals surface area (Å²) in [5.74, 6) is 0.477. The lowest BCUT2D eigenvalue weighted by Gasteiger charge is -2.31. The first-order valence-corrected chi connectivity index (χ1v) is 8.24. The van der Waals surface area contributed by atoms with Gasteiger partial charge in [-0.15, -0.1) is 0 Å². The van der Waals surface area contributed by atoms with E-state index in [0.29, 0.717) is 32.5 Å². The molecule has 0 radical (unpaired) electrons. The first-order chi connectivity index (χ1) is 11.1. The molecule has 1 aliphatic heterocycles. The number of para-hydroxylation sites is 1. The summed E-state index contributed by atoms with van der Waals surface area (Å²) < 4.78 is 5.70. The monoisotopic (exact) mass is 319 g/mol. The molecule has 0 atom stereocenters. The molecule has 5 heteroatoms. The van der Waals surface area contributed by atoms with Crippen LogP contribution in [0.5, 0.6) is 5.75 Å². The number of aryl methyl sites for hydroxylation is 1. The molecule has 1 aromatic rings. The molecule has 1 fully saturated rings. The Morgan fingerprint density at radius 2 is 1.96 bits per heavy atom. The van der Waals surface area contributed by atoms with E-state index in [4.69, 9.17) is 9.84 Å². The number of piperidine rings is 1. The van der Waals surface area contributed by atoms with Crippen molar-refractivity contribution in [1.29, 1.82) is 0 Å². The summed E-state index contributed by atoms with van der Waals surface area (Å²) in [6, 6.07) is 7.85. The number of carbonyl (C=O) groups excluding carboxylic acids is 1. The quantitative estimate of drug-likeness (QED) is 0.785.